The maximum Gasteiger partial charge on any atom is 0.130 e. The smallest absolute Gasteiger partial charge is 0.130 e. The lowest BCUT2D eigenvalue weighted by molar-refractivity contribution is 0.444. The number of hydrogen-bond donors (Lipinski definition) is 1. The van der Waals surface area contributed by atoms with E-state index in [0.29, 0.717) is 12.0 Å². The summed E-state index contributed by atoms with van der Waals surface area (Å²) in [5.41, 5.74) is 2.39. The van der Waals surface area contributed by atoms with Crippen molar-refractivity contribution in [3.63, 3.8) is 0 Å². The van der Waals surface area contributed by atoms with Crippen molar-refractivity contribution in [1.82, 2.24) is 9.55 Å². The zero-order chi connectivity index (χ0) is 17.9. The molecule has 1 N–H and O–H groups in total. The molecule has 2 aromatic carbocycles. The van der Waals surface area contributed by atoms with E-state index < -0.39 is 5.82 Å². The molecule has 0 atom stereocenters. The van der Waals surface area contributed by atoms with Crippen molar-refractivity contribution in [2.45, 2.75) is 38.8 Å². The van der Waals surface area contributed by atoms with Gasteiger partial charge in [0.15, 0.2) is 0 Å². The van der Waals surface area contributed by atoms with E-state index in [-0.39, 0.29) is 11.3 Å². The topological polar surface area (TPSA) is 50.4 Å². The largest absolute Gasteiger partial charge is 0.508 e. The first kappa shape index (κ1) is 17.1. The lowest BCUT2D eigenvalue weighted by Crippen LogP contribution is -2.20. The first-order chi connectivity index (χ1) is 11.9. The van der Waals surface area contributed by atoms with Gasteiger partial charge in [0.2, 0.25) is 0 Å². The number of rotatable bonds is 6. The van der Waals surface area contributed by atoms with Crippen LogP contribution >= 0.6 is 0 Å². The van der Waals surface area contributed by atoms with Crippen molar-refractivity contribution in [2.75, 3.05) is 0 Å². The Bertz CT molecular complexity index is 899. The fourth-order valence-corrected chi connectivity index (χ4v) is 2.74. The van der Waals surface area contributed by atoms with Gasteiger partial charge < -0.3 is 9.67 Å². The molecule has 5 heteroatoms. The number of phenolic OH excluding ortho intramolecular Hbond substituents is 1. The molecular formula is C20H22FN3O. The van der Waals surface area contributed by atoms with Gasteiger partial charge in [-0.15, -0.1) is 0 Å². The second-order valence-electron chi connectivity index (χ2n) is 6.78. The molecule has 0 amide bonds. The van der Waals surface area contributed by atoms with Gasteiger partial charge in [0, 0.05) is 25.2 Å². The predicted molar refractivity (Wildman–Crippen MR) is 98.7 cm³/mol. The molecule has 130 valence electrons. The summed E-state index contributed by atoms with van der Waals surface area (Å²) in [4.78, 5) is 9.01. The number of halogens is 1. The molecule has 0 fully saturated rings. The number of aliphatic imine (C=N–C) groups is 1. The zero-order valence-corrected chi connectivity index (χ0v) is 14.5. The van der Waals surface area contributed by atoms with E-state index in [1.54, 1.807) is 12.3 Å². The Morgan fingerprint density at radius 1 is 1.24 bits per heavy atom. The van der Waals surface area contributed by atoms with Crippen molar-refractivity contribution >= 4 is 17.2 Å². The summed E-state index contributed by atoms with van der Waals surface area (Å²) in [6.07, 6.45) is 4.86. The standard InChI is InChI=1S/C20H22FN3O/c1-20(2,23-11-9-15-7-8-16(25)13-17(15)21)10-12-24-14-22-18-5-3-4-6-19(18)24/h3-8,11,13-14,25H,9-10,12H2,1-2H3. The van der Waals surface area contributed by atoms with Crippen LogP contribution in [0.3, 0.4) is 0 Å². The molecule has 3 aromatic rings. The lowest BCUT2D eigenvalue weighted by atomic mass is 10.0. The van der Waals surface area contributed by atoms with Gasteiger partial charge in [0.05, 0.1) is 22.9 Å². The summed E-state index contributed by atoms with van der Waals surface area (Å²) in [6.45, 7) is 4.95. The van der Waals surface area contributed by atoms with E-state index in [4.69, 9.17) is 0 Å². The van der Waals surface area contributed by atoms with Gasteiger partial charge in [-0.1, -0.05) is 18.2 Å². The van der Waals surface area contributed by atoms with Gasteiger partial charge in [0.1, 0.15) is 11.6 Å². The molecule has 0 aliphatic rings. The molecule has 0 spiro atoms. The van der Waals surface area contributed by atoms with E-state index >= 15 is 0 Å². The summed E-state index contributed by atoms with van der Waals surface area (Å²) < 4.78 is 15.9. The van der Waals surface area contributed by atoms with Gasteiger partial charge in [-0.05, 0) is 44.0 Å². The molecular weight excluding hydrogens is 317 g/mol. The lowest BCUT2D eigenvalue weighted by Gasteiger charge is -2.20. The van der Waals surface area contributed by atoms with Crippen LogP contribution in [0.4, 0.5) is 4.39 Å². The van der Waals surface area contributed by atoms with Crippen molar-refractivity contribution < 1.29 is 9.50 Å². The van der Waals surface area contributed by atoms with Crippen LogP contribution in [0.15, 0.2) is 53.8 Å². The number of nitrogens with zero attached hydrogens (tertiary/aromatic N) is 3. The van der Waals surface area contributed by atoms with Crippen molar-refractivity contribution in [3.05, 3.63) is 60.2 Å². The van der Waals surface area contributed by atoms with Crippen LogP contribution in [0.2, 0.25) is 0 Å². The number of hydrogen-bond acceptors (Lipinski definition) is 3. The van der Waals surface area contributed by atoms with Gasteiger partial charge in [0.25, 0.3) is 0 Å². The fraction of sp³-hybridized carbons (Fsp3) is 0.300. The minimum absolute atomic E-state index is 0.0638. The highest BCUT2D eigenvalue weighted by molar-refractivity contribution is 5.74. The molecule has 0 aliphatic heterocycles. The van der Waals surface area contributed by atoms with Crippen molar-refractivity contribution in [1.29, 1.82) is 0 Å². The molecule has 0 aliphatic carbocycles. The first-order valence-corrected chi connectivity index (χ1v) is 8.35. The Morgan fingerprint density at radius 2 is 2.04 bits per heavy atom. The van der Waals surface area contributed by atoms with Crippen LogP contribution in [0.25, 0.3) is 11.0 Å². The molecule has 0 saturated heterocycles. The summed E-state index contributed by atoms with van der Waals surface area (Å²) in [7, 11) is 0. The van der Waals surface area contributed by atoms with E-state index in [1.165, 1.54) is 6.07 Å². The van der Waals surface area contributed by atoms with Crippen LogP contribution in [-0.2, 0) is 13.0 Å². The monoisotopic (exact) mass is 339 g/mol. The molecule has 4 nitrogen and oxygen atoms in total. The number of phenols is 1. The van der Waals surface area contributed by atoms with E-state index in [0.717, 1.165) is 30.1 Å². The molecule has 0 unspecified atom stereocenters. The van der Waals surface area contributed by atoms with Crippen LogP contribution in [-0.4, -0.2) is 26.4 Å². The third kappa shape index (κ3) is 4.24. The van der Waals surface area contributed by atoms with E-state index in [9.17, 15) is 9.50 Å². The van der Waals surface area contributed by atoms with Gasteiger partial charge in [-0.2, -0.15) is 0 Å². The number of aromatic nitrogens is 2. The highest BCUT2D eigenvalue weighted by Crippen LogP contribution is 2.19. The summed E-state index contributed by atoms with van der Waals surface area (Å²) in [5, 5.41) is 9.25. The minimum atomic E-state index is -0.408. The quantitative estimate of drug-likeness (QED) is 0.678. The number of imidazole rings is 1. The van der Waals surface area contributed by atoms with Crippen LogP contribution in [0, 0.1) is 5.82 Å². The maximum absolute atomic E-state index is 13.7. The molecule has 1 heterocycles. The van der Waals surface area contributed by atoms with Crippen LogP contribution in [0.1, 0.15) is 25.8 Å². The summed E-state index contributed by atoms with van der Waals surface area (Å²) >= 11 is 0. The van der Waals surface area contributed by atoms with Crippen LogP contribution < -0.4 is 0 Å². The number of aromatic hydroxyl groups is 1. The van der Waals surface area contributed by atoms with Gasteiger partial charge >= 0.3 is 0 Å². The number of fused-ring (bicyclic) bond motifs is 1. The number of benzene rings is 2. The summed E-state index contributed by atoms with van der Waals surface area (Å²) in [6, 6.07) is 12.3. The Morgan fingerprint density at radius 3 is 2.84 bits per heavy atom. The maximum atomic E-state index is 13.7. The Balaban J connectivity index is 1.61. The van der Waals surface area contributed by atoms with Gasteiger partial charge in [-0.3, -0.25) is 4.99 Å². The Labute approximate surface area is 146 Å². The van der Waals surface area contributed by atoms with E-state index in [1.807, 2.05) is 24.5 Å². The third-order valence-corrected chi connectivity index (χ3v) is 4.28. The normalized spacial score (nSPS) is 12.3. The fourth-order valence-electron chi connectivity index (χ4n) is 2.74. The second kappa shape index (κ2) is 7.05. The highest BCUT2D eigenvalue weighted by Gasteiger charge is 2.16. The Kier molecular flexibility index (Phi) is 4.83. The first-order valence-electron chi connectivity index (χ1n) is 8.35. The average molecular weight is 339 g/mol. The van der Waals surface area contributed by atoms with Gasteiger partial charge in [-0.25, -0.2) is 9.37 Å². The van der Waals surface area contributed by atoms with Crippen molar-refractivity contribution in [2.24, 2.45) is 4.99 Å². The molecule has 25 heavy (non-hydrogen) atoms. The zero-order valence-electron chi connectivity index (χ0n) is 14.5. The summed E-state index contributed by atoms with van der Waals surface area (Å²) in [5.74, 6) is -0.472. The molecule has 0 bridgehead atoms. The highest BCUT2D eigenvalue weighted by atomic mass is 19.1. The molecule has 0 saturated carbocycles. The molecule has 1 aromatic heterocycles. The SMILES string of the molecule is CC(C)(CCn1cnc2ccccc21)N=CCc1ccc(O)cc1F. The molecule has 0 radical (unpaired) electrons. The average Bonchev–Trinajstić information content (AvgIpc) is 2.98. The second-order valence-corrected chi connectivity index (χ2v) is 6.78. The Hall–Kier alpha value is -2.69. The van der Waals surface area contributed by atoms with Crippen LogP contribution in [0.5, 0.6) is 5.75 Å². The minimum Gasteiger partial charge on any atom is -0.508 e. The number of para-hydroxylation sites is 2. The predicted octanol–water partition coefficient (Wildman–Crippen LogP) is 4.36. The van der Waals surface area contributed by atoms with E-state index in [2.05, 4.69) is 34.5 Å². The number of aryl methyl sites for hydroxylation is 1. The van der Waals surface area contributed by atoms with Crippen molar-refractivity contribution in [3.8, 4) is 5.75 Å². The third-order valence-electron chi connectivity index (χ3n) is 4.28. The molecule has 3 rings (SSSR count).